The molecule has 0 radical (unpaired) electrons. The highest BCUT2D eigenvalue weighted by Crippen LogP contribution is 2.15. The lowest BCUT2D eigenvalue weighted by atomic mass is 10.2. The largest absolute Gasteiger partial charge is 0.453 e. The number of methoxy groups -OCH3 is 1. The average molecular weight is 322 g/mol. The van der Waals surface area contributed by atoms with Gasteiger partial charge >= 0.3 is 6.09 Å². The topological polar surface area (TPSA) is 106 Å². The molecule has 0 aliphatic rings. The molecule has 0 saturated carbocycles. The highest BCUT2D eigenvalue weighted by Gasteiger charge is 2.16. The lowest BCUT2D eigenvalue weighted by Gasteiger charge is -2.11. The molecule has 2 amide bonds. The highest BCUT2D eigenvalue weighted by molar-refractivity contribution is 5.85. The highest BCUT2D eigenvalue weighted by atomic mass is 19.1. The third-order valence-corrected chi connectivity index (χ3v) is 2.90. The van der Waals surface area contributed by atoms with Gasteiger partial charge in [0, 0.05) is 5.56 Å². The number of halogens is 1. The minimum Gasteiger partial charge on any atom is -0.453 e. The second kappa shape index (κ2) is 7.34. The molecule has 2 N–H and O–H groups in total. The third kappa shape index (κ3) is 4.50. The van der Waals surface area contributed by atoms with Crippen LogP contribution in [-0.2, 0) is 16.1 Å². The summed E-state index contributed by atoms with van der Waals surface area (Å²) in [5.74, 6) is -0.327. The SMILES string of the molecule is COC(=O)N[C@@H](C)C(=O)NCc1nc(-c2ccc(F)cc2)no1. The number of ether oxygens (including phenoxy) is 1. The number of benzene rings is 1. The second-order valence-electron chi connectivity index (χ2n) is 4.59. The molecule has 1 heterocycles. The summed E-state index contributed by atoms with van der Waals surface area (Å²) in [5.41, 5.74) is 0.591. The maximum absolute atomic E-state index is 12.9. The van der Waals surface area contributed by atoms with Crippen molar-refractivity contribution in [1.82, 2.24) is 20.8 Å². The Morgan fingerprint density at radius 3 is 2.70 bits per heavy atom. The van der Waals surface area contributed by atoms with Crippen molar-refractivity contribution in [2.24, 2.45) is 0 Å². The van der Waals surface area contributed by atoms with Gasteiger partial charge in [-0.25, -0.2) is 9.18 Å². The van der Waals surface area contributed by atoms with Crippen LogP contribution in [0.5, 0.6) is 0 Å². The quantitative estimate of drug-likeness (QED) is 0.857. The van der Waals surface area contributed by atoms with Gasteiger partial charge in [0.2, 0.25) is 17.6 Å². The van der Waals surface area contributed by atoms with E-state index in [1.807, 2.05) is 0 Å². The molecule has 0 bridgehead atoms. The van der Waals surface area contributed by atoms with Gasteiger partial charge in [-0.05, 0) is 31.2 Å². The van der Waals surface area contributed by atoms with Crippen LogP contribution in [0.2, 0.25) is 0 Å². The molecule has 0 aliphatic heterocycles. The molecule has 2 rings (SSSR count). The molecule has 0 aliphatic carbocycles. The van der Waals surface area contributed by atoms with Crippen LogP contribution in [0.25, 0.3) is 11.4 Å². The van der Waals surface area contributed by atoms with Gasteiger partial charge in [0.15, 0.2) is 0 Å². The number of alkyl carbamates (subject to hydrolysis) is 1. The maximum atomic E-state index is 12.9. The molecule has 8 nitrogen and oxygen atoms in total. The van der Waals surface area contributed by atoms with Crippen LogP contribution in [0.3, 0.4) is 0 Å². The number of aromatic nitrogens is 2. The van der Waals surface area contributed by atoms with Gasteiger partial charge < -0.3 is 19.9 Å². The first-order valence-electron chi connectivity index (χ1n) is 6.70. The zero-order valence-electron chi connectivity index (χ0n) is 12.5. The summed E-state index contributed by atoms with van der Waals surface area (Å²) in [6.45, 7) is 1.50. The Balaban J connectivity index is 1.90. The van der Waals surface area contributed by atoms with E-state index < -0.39 is 18.0 Å². The smallest absolute Gasteiger partial charge is 0.407 e. The van der Waals surface area contributed by atoms with E-state index in [1.54, 1.807) is 0 Å². The van der Waals surface area contributed by atoms with Gasteiger partial charge in [-0.3, -0.25) is 4.79 Å². The van der Waals surface area contributed by atoms with Crippen LogP contribution in [0, 0.1) is 5.82 Å². The molecule has 1 atom stereocenters. The standard InChI is InChI=1S/C14H15FN4O4/c1-8(17-14(21)22-2)13(20)16-7-11-18-12(19-23-11)9-3-5-10(15)6-4-9/h3-6,8H,7H2,1-2H3,(H,16,20)(H,17,21)/t8-/m0/s1. The third-order valence-electron chi connectivity index (χ3n) is 2.90. The molecule has 0 saturated heterocycles. The molecule has 0 unspecified atom stereocenters. The van der Waals surface area contributed by atoms with Crippen LogP contribution >= 0.6 is 0 Å². The predicted molar refractivity (Wildman–Crippen MR) is 76.5 cm³/mol. The molecule has 0 fully saturated rings. The molecule has 122 valence electrons. The first-order valence-corrected chi connectivity index (χ1v) is 6.70. The summed E-state index contributed by atoms with van der Waals surface area (Å²) in [6.07, 6.45) is -0.705. The minimum absolute atomic E-state index is 0.000219. The van der Waals surface area contributed by atoms with E-state index in [4.69, 9.17) is 4.52 Å². The zero-order valence-corrected chi connectivity index (χ0v) is 12.5. The number of rotatable bonds is 5. The van der Waals surface area contributed by atoms with E-state index in [2.05, 4.69) is 25.5 Å². The molecule has 1 aromatic carbocycles. The Morgan fingerprint density at radius 1 is 1.35 bits per heavy atom. The van der Waals surface area contributed by atoms with Gasteiger partial charge in [-0.15, -0.1) is 0 Å². The molecule has 0 spiro atoms. The predicted octanol–water partition coefficient (Wildman–Crippen LogP) is 1.24. The summed E-state index contributed by atoms with van der Waals surface area (Å²) in [6, 6.07) is 4.83. The van der Waals surface area contributed by atoms with Gasteiger partial charge in [0.25, 0.3) is 0 Å². The Morgan fingerprint density at radius 2 is 2.04 bits per heavy atom. The van der Waals surface area contributed by atoms with Crippen molar-refractivity contribution in [3.8, 4) is 11.4 Å². The Kier molecular flexibility index (Phi) is 5.23. The fourth-order valence-corrected chi connectivity index (χ4v) is 1.66. The van der Waals surface area contributed by atoms with Gasteiger partial charge in [0.1, 0.15) is 11.9 Å². The summed E-state index contributed by atoms with van der Waals surface area (Å²) < 4.78 is 22.3. The summed E-state index contributed by atoms with van der Waals surface area (Å²) in [5, 5.41) is 8.61. The molecule has 23 heavy (non-hydrogen) atoms. The monoisotopic (exact) mass is 322 g/mol. The van der Waals surface area contributed by atoms with Crippen molar-refractivity contribution in [2.75, 3.05) is 7.11 Å². The van der Waals surface area contributed by atoms with Crippen molar-refractivity contribution in [1.29, 1.82) is 0 Å². The van der Waals surface area contributed by atoms with E-state index in [1.165, 1.54) is 38.3 Å². The second-order valence-corrected chi connectivity index (χ2v) is 4.59. The van der Waals surface area contributed by atoms with E-state index in [9.17, 15) is 14.0 Å². The van der Waals surface area contributed by atoms with E-state index in [-0.39, 0.29) is 24.1 Å². The Labute approximate surface area is 131 Å². The summed E-state index contributed by atoms with van der Waals surface area (Å²) in [7, 11) is 1.20. The zero-order chi connectivity index (χ0) is 16.8. The average Bonchev–Trinajstić information content (AvgIpc) is 3.02. The van der Waals surface area contributed by atoms with E-state index in [0.29, 0.717) is 5.56 Å². The Bertz CT molecular complexity index is 686. The van der Waals surface area contributed by atoms with Crippen LogP contribution in [0.4, 0.5) is 9.18 Å². The van der Waals surface area contributed by atoms with Crippen LogP contribution < -0.4 is 10.6 Å². The number of carbonyl (C=O) groups excluding carboxylic acids is 2. The Hall–Kier alpha value is -2.97. The fraction of sp³-hybridized carbons (Fsp3) is 0.286. The molecule has 2 aromatic rings. The van der Waals surface area contributed by atoms with Gasteiger partial charge in [-0.2, -0.15) is 4.98 Å². The summed E-state index contributed by atoms with van der Waals surface area (Å²) in [4.78, 5) is 26.9. The first-order chi connectivity index (χ1) is 11.0. The fourth-order valence-electron chi connectivity index (χ4n) is 1.66. The summed E-state index contributed by atoms with van der Waals surface area (Å²) >= 11 is 0. The molecule has 9 heteroatoms. The van der Waals surface area contributed by atoms with Crippen LogP contribution in [0.15, 0.2) is 28.8 Å². The number of nitrogens with one attached hydrogen (secondary N) is 2. The molecular formula is C14H15FN4O4. The number of hydrogen-bond donors (Lipinski definition) is 2. The van der Waals surface area contributed by atoms with Crippen molar-refractivity contribution in [3.63, 3.8) is 0 Å². The number of amides is 2. The molecule has 1 aromatic heterocycles. The van der Waals surface area contributed by atoms with Gasteiger partial charge in [0.05, 0.1) is 13.7 Å². The maximum Gasteiger partial charge on any atom is 0.407 e. The number of nitrogens with zero attached hydrogens (tertiary/aromatic N) is 2. The first kappa shape index (κ1) is 16.4. The number of hydrogen-bond acceptors (Lipinski definition) is 6. The van der Waals surface area contributed by atoms with Crippen LogP contribution in [-0.4, -0.2) is 35.3 Å². The van der Waals surface area contributed by atoms with Gasteiger partial charge in [-0.1, -0.05) is 5.16 Å². The van der Waals surface area contributed by atoms with Crippen molar-refractivity contribution < 1.29 is 23.2 Å². The molecular weight excluding hydrogens is 307 g/mol. The van der Waals surface area contributed by atoms with Crippen molar-refractivity contribution >= 4 is 12.0 Å². The number of carbonyl (C=O) groups is 2. The normalized spacial score (nSPS) is 11.6. The van der Waals surface area contributed by atoms with Crippen molar-refractivity contribution in [3.05, 3.63) is 36.0 Å². The van der Waals surface area contributed by atoms with E-state index in [0.717, 1.165) is 0 Å². The lowest BCUT2D eigenvalue weighted by Crippen LogP contribution is -2.44. The van der Waals surface area contributed by atoms with Crippen molar-refractivity contribution in [2.45, 2.75) is 19.5 Å². The van der Waals surface area contributed by atoms with E-state index >= 15 is 0 Å². The minimum atomic E-state index is -0.776. The van der Waals surface area contributed by atoms with Crippen LogP contribution in [0.1, 0.15) is 12.8 Å². The lowest BCUT2D eigenvalue weighted by molar-refractivity contribution is -0.122.